The number of carboxylic acid groups (broad SMARTS) is 1. The van der Waals surface area contributed by atoms with Gasteiger partial charge in [-0.1, -0.05) is 24.3 Å². The van der Waals surface area contributed by atoms with Gasteiger partial charge in [-0.15, -0.1) is 0 Å². The van der Waals surface area contributed by atoms with Crippen LogP contribution < -0.4 is 9.46 Å². The summed E-state index contributed by atoms with van der Waals surface area (Å²) in [5.41, 5.74) is 1.43. The summed E-state index contributed by atoms with van der Waals surface area (Å²) in [4.78, 5) is 10.8. The summed E-state index contributed by atoms with van der Waals surface area (Å²) in [5, 5.41) is 8.88. The van der Waals surface area contributed by atoms with Crippen molar-refractivity contribution in [2.45, 2.75) is 18.0 Å². The van der Waals surface area contributed by atoms with E-state index in [9.17, 15) is 17.6 Å². The van der Waals surface area contributed by atoms with Crippen LogP contribution in [-0.2, 0) is 23.2 Å². The molecule has 0 fully saturated rings. The molecule has 3 rings (SSSR count). The zero-order valence-corrected chi connectivity index (χ0v) is 16.0. The molecule has 0 unspecified atom stereocenters. The van der Waals surface area contributed by atoms with Crippen molar-refractivity contribution < 1.29 is 27.4 Å². The van der Waals surface area contributed by atoms with Gasteiger partial charge in [-0.05, 0) is 59.7 Å². The van der Waals surface area contributed by atoms with Crippen LogP contribution in [-0.4, -0.2) is 19.5 Å². The molecule has 0 heterocycles. The number of ether oxygens (including phenoxy) is 1. The van der Waals surface area contributed by atoms with Crippen LogP contribution in [0.3, 0.4) is 0 Å². The number of aromatic carboxylic acids is 1. The molecular formula is C21H18FNO5S. The highest BCUT2D eigenvalue weighted by Crippen LogP contribution is 2.16. The maximum atomic E-state index is 13.2. The van der Waals surface area contributed by atoms with E-state index in [0.717, 1.165) is 0 Å². The molecule has 0 saturated carbocycles. The highest BCUT2D eigenvalue weighted by molar-refractivity contribution is 7.89. The summed E-state index contributed by atoms with van der Waals surface area (Å²) in [6, 6.07) is 17.9. The first-order valence-corrected chi connectivity index (χ1v) is 10.1. The lowest BCUT2D eigenvalue weighted by molar-refractivity contribution is 0.0696. The van der Waals surface area contributed by atoms with E-state index in [-0.39, 0.29) is 29.4 Å². The average molecular weight is 415 g/mol. The van der Waals surface area contributed by atoms with Crippen molar-refractivity contribution in [3.63, 3.8) is 0 Å². The molecule has 0 atom stereocenters. The first-order valence-electron chi connectivity index (χ1n) is 8.63. The Bertz CT molecular complexity index is 1100. The summed E-state index contributed by atoms with van der Waals surface area (Å²) in [6.07, 6.45) is 0. The Morgan fingerprint density at radius 1 is 0.966 bits per heavy atom. The Hall–Kier alpha value is -3.23. The van der Waals surface area contributed by atoms with Crippen LogP contribution >= 0.6 is 0 Å². The Morgan fingerprint density at radius 2 is 1.66 bits per heavy atom. The number of hydrogen-bond acceptors (Lipinski definition) is 4. The molecule has 0 bridgehead atoms. The van der Waals surface area contributed by atoms with Gasteiger partial charge in [0.1, 0.15) is 18.2 Å². The van der Waals surface area contributed by atoms with Crippen molar-refractivity contribution >= 4 is 16.0 Å². The monoisotopic (exact) mass is 415 g/mol. The first kappa shape index (κ1) is 20.5. The number of carbonyl (C=O) groups is 1. The molecule has 0 aromatic heterocycles. The molecule has 29 heavy (non-hydrogen) atoms. The first-order chi connectivity index (χ1) is 13.8. The molecule has 0 aliphatic heterocycles. The predicted molar refractivity (Wildman–Crippen MR) is 105 cm³/mol. The average Bonchev–Trinajstić information content (AvgIpc) is 2.72. The molecular weight excluding hydrogens is 397 g/mol. The normalized spacial score (nSPS) is 11.2. The summed E-state index contributed by atoms with van der Waals surface area (Å²) in [7, 11) is -3.77. The van der Waals surface area contributed by atoms with Gasteiger partial charge in [0, 0.05) is 6.54 Å². The van der Waals surface area contributed by atoms with E-state index >= 15 is 0 Å². The van der Waals surface area contributed by atoms with Crippen LogP contribution in [0.4, 0.5) is 4.39 Å². The fourth-order valence-electron chi connectivity index (χ4n) is 2.54. The second kappa shape index (κ2) is 8.85. The minimum atomic E-state index is -3.77. The molecule has 3 aromatic rings. The fourth-order valence-corrected chi connectivity index (χ4v) is 3.55. The molecule has 150 valence electrons. The van der Waals surface area contributed by atoms with E-state index < -0.39 is 16.0 Å². The van der Waals surface area contributed by atoms with E-state index in [1.165, 1.54) is 36.4 Å². The maximum Gasteiger partial charge on any atom is 0.335 e. The van der Waals surface area contributed by atoms with Gasteiger partial charge in [-0.2, -0.15) is 0 Å². The molecule has 0 amide bonds. The number of carboxylic acids is 1. The Morgan fingerprint density at radius 3 is 2.28 bits per heavy atom. The van der Waals surface area contributed by atoms with Crippen LogP contribution in [0.15, 0.2) is 77.7 Å². The standard InChI is InChI=1S/C21H18FNO5S/c22-18-3-1-2-16(12-18)14-28-19-8-4-15(5-9-19)13-23-29(26,27)20-10-6-17(7-11-20)21(24)25/h1-12,23H,13-14H2,(H,24,25). The molecule has 2 N–H and O–H groups in total. The van der Waals surface area contributed by atoms with E-state index in [1.54, 1.807) is 36.4 Å². The minimum absolute atomic E-state index is 0.0118. The highest BCUT2D eigenvalue weighted by Gasteiger charge is 2.14. The number of sulfonamides is 1. The zero-order chi connectivity index (χ0) is 20.9. The third-order valence-electron chi connectivity index (χ3n) is 4.10. The summed E-state index contributed by atoms with van der Waals surface area (Å²) < 4.78 is 45.9. The van der Waals surface area contributed by atoms with E-state index in [1.807, 2.05) is 0 Å². The van der Waals surface area contributed by atoms with Gasteiger partial charge < -0.3 is 9.84 Å². The smallest absolute Gasteiger partial charge is 0.335 e. The molecule has 0 radical (unpaired) electrons. The van der Waals surface area contributed by atoms with Gasteiger partial charge in [-0.3, -0.25) is 0 Å². The van der Waals surface area contributed by atoms with Crippen LogP contribution in [0.2, 0.25) is 0 Å². The van der Waals surface area contributed by atoms with Crippen LogP contribution in [0.1, 0.15) is 21.5 Å². The summed E-state index contributed by atoms with van der Waals surface area (Å²) >= 11 is 0. The quantitative estimate of drug-likeness (QED) is 0.587. The lowest BCUT2D eigenvalue weighted by Crippen LogP contribution is -2.23. The number of benzene rings is 3. The minimum Gasteiger partial charge on any atom is -0.489 e. The summed E-state index contributed by atoms with van der Waals surface area (Å²) in [5.74, 6) is -0.877. The van der Waals surface area contributed by atoms with Crippen molar-refractivity contribution in [3.05, 3.63) is 95.3 Å². The Labute approximate surface area is 167 Å². The number of halogens is 1. The maximum absolute atomic E-state index is 13.2. The predicted octanol–water partition coefficient (Wildman–Crippen LogP) is 3.58. The summed E-state index contributed by atoms with van der Waals surface area (Å²) in [6.45, 7) is 0.281. The molecule has 0 aliphatic carbocycles. The van der Waals surface area contributed by atoms with E-state index in [4.69, 9.17) is 9.84 Å². The lowest BCUT2D eigenvalue weighted by Gasteiger charge is -2.09. The van der Waals surface area contributed by atoms with Crippen LogP contribution in [0.25, 0.3) is 0 Å². The highest BCUT2D eigenvalue weighted by atomic mass is 32.2. The third kappa shape index (κ3) is 5.63. The van der Waals surface area contributed by atoms with Crippen molar-refractivity contribution in [2.24, 2.45) is 0 Å². The van der Waals surface area contributed by atoms with Crippen molar-refractivity contribution in [2.75, 3.05) is 0 Å². The van der Waals surface area contributed by atoms with Crippen LogP contribution in [0, 0.1) is 5.82 Å². The number of rotatable bonds is 8. The molecule has 3 aromatic carbocycles. The van der Waals surface area contributed by atoms with Gasteiger partial charge in [0.2, 0.25) is 10.0 Å². The molecule has 0 aliphatic rings. The van der Waals surface area contributed by atoms with Crippen molar-refractivity contribution in [3.8, 4) is 5.75 Å². The number of nitrogens with one attached hydrogen (secondary N) is 1. The molecule has 6 nitrogen and oxygen atoms in total. The largest absolute Gasteiger partial charge is 0.489 e. The van der Waals surface area contributed by atoms with E-state index in [0.29, 0.717) is 16.9 Å². The second-order valence-electron chi connectivity index (χ2n) is 6.22. The van der Waals surface area contributed by atoms with Gasteiger partial charge in [0.15, 0.2) is 0 Å². The van der Waals surface area contributed by atoms with Gasteiger partial charge >= 0.3 is 5.97 Å². The SMILES string of the molecule is O=C(O)c1ccc(S(=O)(=O)NCc2ccc(OCc3cccc(F)c3)cc2)cc1. The third-order valence-corrected chi connectivity index (χ3v) is 5.51. The lowest BCUT2D eigenvalue weighted by atomic mass is 10.2. The van der Waals surface area contributed by atoms with Crippen LogP contribution in [0.5, 0.6) is 5.75 Å². The fraction of sp³-hybridized carbons (Fsp3) is 0.0952. The van der Waals surface area contributed by atoms with Crippen molar-refractivity contribution in [1.29, 1.82) is 0 Å². The second-order valence-corrected chi connectivity index (χ2v) is 7.98. The van der Waals surface area contributed by atoms with Gasteiger partial charge in [0.05, 0.1) is 10.5 Å². The topological polar surface area (TPSA) is 92.7 Å². The Balaban J connectivity index is 1.57. The van der Waals surface area contributed by atoms with Gasteiger partial charge in [-0.25, -0.2) is 22.3 Å². The molecule has 0 spiro atoms. The zero-order valence-electron chi connectivity index (χ0n) is 15.2. The van der Waals surface area contributed by atoms with E-state index in [2.05, 4.69) is 4.72 Å². The number of hydrogen-bond donors (Lipinski definition) is 2. The Kier molecular flexibility index (Phi) is 6.26. The van der Waals surface area contributed by atoms with Crippen molar-refractivity contribution in [1.82, 2.24) is 4.72 Å². The molecule has 0 saturated heterocycles. The van der Waals surface area contributed by atoms with Gasteiger partial charge in [0.25, 0.3) is 0 Å². The molecule has 8 heteroatoms.